The average molecular weight is 501 g/mol. The number of hydrogen-bond acceptors (Lipinski definition) is 1. The number of aromatic nitrogens is 1. The summed E-state index contributed by atoms with van der Waals surface area (Å²) in [6, 6.07) is 40.6. The Morgan fingerprint density at radius 3 is 2.14 bits per heavy atom. The normalized spacial score (nSPS) is 11.8. The zero-order valence-electron chi connectivity index (χ0n) is 21.3. The number of anilines is 2. The van der Waals surface area contributed by atoms with Crippen molar-refractivity contribution in [3.05, 3.63) is 126 Å². The summed E-state index contributed by atoms with van der Waals surface area (Å²) in [4.78, 5) is 0. The molecule has 6 rings (SSSR count). The first-order valence-corrected chi connectivity index (χ1v) is 13.0. The second-order valence-corrected chi connectivity index (χ2v) is 11.0. The zero-order chi connectivity index (χ0) is 25.6. The second kappa shape index (κ2) is 9.14. The van der Waals surface area contributed by atoms with Crippen molar-refractivity contribution in [2.45, 2.75) is 26.2 Å². The summed E-state index contributed by atoms with van der Waals surface area (Å²) in [5.41, 5.74) is 9.28. The van der Waals surface area contributed by atoms with Crippen LogP contribution >= 0.6 is 11.6 Å². The van der Waals surface area contributed by atoms with E-state index in [2.05, 4.69) is 128 Å². The summed E-state index contributed by atoms with van der Waals surface area (Å²) in [6.07, 6.45) is 0. The maximum Gasteiger partial charge on any atom is 0.0565 e. The van der Waals surface area contributed by atoms with Crippen LogP contribution in [0.4, 0.5) is 11.4 Å². The molecule has 0 saturated carbocycles. The molecule has 0 aliphatic carbocycles. The smallest absolute Gasteiger partial charge is 0.0565 e. The van der Waals surface area contributed by atoms with Gasteiger partial charge in [-0.25, -0.2) is 0 Å². The Morgan fingerprint density at radius 1 is 0.676 bits per heavy atom. The van der Waals surface area contributed by atoms with Gasteiger partial charge in [0.2, 0.25) is 0 Å². The van der Waals surface area contributed by atoms with Crippen LogP contribution in [0.5, 0.6) is 0 Å². The van der Waals surface area contributed by atoms with E-state index in [0.717, 1.165) is 28.1 Å². The molecule has 182 valence electrons. The van der Waals surface area contributed by atoms with Gasteiger partial charge in [-0.3, -0.25) is 0 Å². The van der Waals surface area contributed by atoms with Crippen LogP contribution in [0.2, 0.25) is 5.02 Å². The third-order valence-electron chi connectivity index (χ3n) is 7.01. The molecule has 0 atom stereocenters. The lowest BCUT2D eigenvalue weighted by molar-refractivity contribution is 0.590. The Morgan fingerprint density at radius 2 is 1.41 bits per heavy atom. The van der Waals surface area contributed by atoms with Crippen LogP contribution in [0.1, 0.15) is 26.3 Å². The highest BCUT2D eigenvalue weighted by atomic mass is 35.5. The van der Waals surface area contributed by atoms with Gasteiger partial charge in [0, 0.05) is 32.7 Å². The summed E-state index contributed by atoms with van der Waals surface area (Å²) in [5.74, 6) is 0. The summed E-state index contributed by atoms with van der Waals surface area (Å²) < 4.78 is 2.35. The van der Waals surface area contributed by atoms with Gasteiger partial charge in [-0.1, -0.05) is 105 Å². The van der Waals surface area contributed by atoms with Gasteiger partial charge in [0.1, 0.15) is 0 Å². The number of nitrogens with zero attached hydrogens (tertiary/aromatic N) is 1. The van der Waals surface area contributed by atoms with E-state index in [4.69, 9.17) is 11.6 Å². The molecule has 6 aromatic rings. The molecule has 0 radical (unpaired) electrons. The minimum atomic E-state index is 0.105. The van der Waals surface area contributed by atoms with Gasteiger partial charge in [0.05, 0.1) is 16.7 Å². The van der Waals surface area contributed by atoms with Crippen molar-refractivity contribution in [2.75, 3.05) is 5.32 Å². The van der Waals surface area contributed by atoms with E-state index >= 15 is 0 Å². The van der Waals surface area contributed by atoms with Gasteiger partial charge in [-0.05, 0) is 59.0 Å². The molecular weight excluding hydrogens is 472 g/mol. The molecule has 0 aliphatic heterocycles. The van der Waals surface area contributed by atoms with Crippen molar-refractivity contribution >= 4 is 44.8 Å². The number of nitrogens with one attached hydrogen (secondary N) is 1. The van der Waals surface area contributed by atoms with E-state index in [1.54, 1.807) is 0 Å². The van der Waals surface area contributed by atoms with E-state index in [1.807, 2.05) is 18.2 Å². The summed E-state index contributed by atoms with van der Waals surface area (Å²) in [7, 11) is 0. The minimum Gasteiger partial charge on any atom is -0.354 e. The highest BCUT2D eigenvalue weighted by molar-refractivity contribution is 6.31. The molecule has 1 N–H and O–H groups in total. The lowest BCUT2D eigenvalue weighted by Crippen LogP contribution is -2.10. The molecule has 0 saturated heterocycles. The van der Waals surface area contributed by atoms with Crippen LogP contribution in [0.15, 0.2) is 115 Å². The summed E-state index contributed by atoms with van der Waals surface area (Å²) >= 11 is 6.38. The fraction of sp³-hybridized carbons (Fsp3) is 0.118. The molecule has 37 heavy (non-hydrogen) atoms. The number of hydrogen-bond donors (Lipinski definition) is 1. The quantitative estimate of drug-likeness (QED) is 0.254. The summed E-state index contributed by atoms with van der Waals surface area (Å²) in [5, 5.41) is 6.87. The monoisotopic (exact) mass is 500 g/mol. The predicted molar refractivity (Wildman–Crippen MR) is 160 cm³/mol. The van der Waals surface area contributed by atoms with Gasteiger partial charge in [-0.2, -0.15) is 0 Å². The number of para-hydroxylation sites is 2. The van der Waals surface area contributed by atoms with Gasteiger partial charge >= 0.3 is 0 Å². The van der Waals surface area contributed by atoms with Gasteiger partial charge < -0.3 is 9.88 Å². The largest absolute Gasteiger partial charge is 0.354 e. The minimum absolute atomic E-state index is 0.105. The second-order valence-electron chi connectivity index (χ2n) is 10.5. The van der Waals surface area contributed by atoms with Gasteiger partial charge in [-0.15, -0.1) is 0 Å². The topological polar surface area (TPSA) is 17.0 Å². The first-order valence-electron chi connectivity index (χ1n) is 12.7. The summed E-state index contributed by atoms with van der Waals surface area (Å²) in [6.45, 7) is 6.75. The molecule has 3 heteroatoms. The van der Waals surface area contributed by atoms with E-state index in [1.165, 1.54) is 27.4 Å². The van der Waals surface area contributed by atoms with Crippen LogP contribution < -0.4 is 5.32 Å². The SMILES string of the molecule is CC(C)(C)c1ccc(-c2ccc3c(c2Nc2cccc(Cl)c2)c2ccccc2n3-c2ccccc2)cc1. The Hall–Kier alpha value is -4.01. The number of rotatable bonds is 4. The molecule has 1 aromatic heterocycles. The Labute approximate surface area is 223 Å². The highest BCUT2D eigenvalue weighted by Gasteiger charge is 2.20. The first-order chi connectivity index (χ1) is 17.9. The van der Waals surface area contributed by atoms with E-state index in [-0.39, 0.29) is 5.41 Å². The molecule has 2 nitrogen and oxygen atoms in total. The van der Waals surface area contributed by atoms with E-state index in [0.29, 0.717) is 5.02 Å². The number of benzene rings is 5. The molecule has 5 aromatic carbocycles. The molecule has 0 aliphatic rings. The van der Waals surface area contributed by atoms with Crippen LogP contribution in [-0.2, 0) is 5.41 Å². The van der Waals surface area contributed by atoms with Crippen molar-refractivity contribution in [2.24, 2.45) is 0 Å². The molecule has 0 unspecified atom stereocenters. The maximum absolute atomic E-state index is 6.38. The van der Waals surface area contributed by atoms with Gasteiger partial charge in [0.15, 0.2) is 0 Å². The van der Waals surface area contributed by atoms with Crippen LogP contribution in [0.3, 0.4) is 0 Å². The van der Waals surface area contributed by atoms with Crippen molar-refractivity contribution in [1.82, 2.24) is 4.57 Å². The number of fused-ring (bicyclic) bond motifs is 3. The fourth-order valence-corrected chi connectivity index (χ4v) is 5.34. The lowest BCUT2D eigenvalue weighted by Gasteiger charge is -2.20. The number of halogens is 1. The first kappa shape index (κ1) is 23.4. The van der Waals surface area contributed by atoms with Crippen LogP contribution in [0.25, 0.3) is 38.6 Å². The maximum atomic E-state index is 6.38. The molecule has 0 amide bonds. The standard InChI is InChI=1S/C34H29ClN2/c1-34(2,3)24-18-16-23(17-19-24)28-20-21-31-32(33(28)36-26-11-9-10-25(35)22-26)29-14-7-8-15-30(29)37(31)27-12-5-4-6-13-27/h4-22,36H,1-3H3. The van der Waals surface area contributed by atoms with Crippen molar-refractivity contribution in [1.29, 1.82) is 0 Å². The van der Waals surface area contributed by atoms with Crippen LogP contribution in [0, 0.1) is 0 Å². The van der Waals surface area contributed by atoms with Crippen molar-refractivity contribution in [3.8, 4) is 16.8 Å². The molecule has 1 heterocycles. The lowest BCUT2D eigenvalue weighted by atomic mass is 9.86. The third-order valence-corrected chi connectivity index (χ3v) is 7.24. The third kappa shape index (κ3) is 4.28. The molecular formula is C34H29ClN2. The highest BCUT2D eigenvalue weighted by Crippen LogP contribution is 2.43. The van der Waals surface area contributed by atoms with Gasteiger partial charge in [0.25, 0.3) is 0 Å². The van der Waals surface area contributed by atoms with Crippen LogP contribution in [-0.4, -0.2) is 4.57 Å². The molecule has 0 spiro atoms. The predicted octanol–water partition coefficient (Wildman–Crippen LogP) is 10.1. The zero-order valence-corrected chi connectivity index (χ0v) is 22.1. The fourth-order valence-electron chi connectivity index (χ4n) is 5.15. The Balaban J connectivity index is 1.66. The van der Waals surface area contributed by atoms with Crippen molar-refractivity contribution in [3.63, 3.8) is 0 Å². The Bertz CT molecular complexity index is 1720. The molecule has 0 bridgehead atoms. The Kier molecular flexibility index (Phi) is 5.78. The van der Waals surface area contributed by atoms with E-state index < -0.39 is 0 Å². The average Bonchev–Trinajstić information content (AvgIpc) is 3.24. The molecule has 0 fully saturated rings. The van der Waals surface area contributed by atoms with E-state index in [9.17, 15) is 0 Å². The van der Waals surface area contributed by atoms with Crippen molar-refractivity contribution < 1.29 is 0 Å².